The Morgan fingerprint density at radius 1 is 1.37 bits per heavy atom. The monoisotopic (exact) mass is 279 g/mol. The molecular weight excluding hydrogens is 258 g/mol. The first-order valence-corrected chi connectivity index (χ1v) is 7.46. The van der Waals surface area contributed by atoms with Gasteiger partial charge in [-0.15, -0.1) is 0 Å². The molecule has 0 aromatic carbocycles. The Balaban J connectivity index is 2.34. The lowest BCUT2D eigenvalue weighted by atomic mass is 10.3. The minimum atomic E-state index is 0.155. The largest absolute Gasteiger partial charge is 0.395 e. The molecule has 0 saturated heterocycles. The first-order chi connectivity index (χ1) is 9.11. The number of pyridine rings is 1. The summed E-state index contributed by atoms with van der Waals surface area (Å²) < 4.78 is 2.11. The molecule has 104 valence electrons. The quantitative estimate of drug-likeness (QED) is 0.797. The molecule has 0 spiro atoms. The van der Waals surface area contributed by atoms with Gasteiger partial charge in [-0.05, 0) is 12.1 Å². The fraction of sp³-hybridized carbons (Fsp3) is 0.500. The minimum Gasteiger partial charge on any atom is -0.395 e. The molecule has 1 atom stereocenters. The van der Waals surface area contributed by atoms with Crippen LogP contribution in [0.1, 0.15) is 26.5 Å². The highest BCUT2D eigenvalue weighted by Crippen LogP contribution is 2.27. The lowest BCUT2D eigenvalue weighted by Crippen LogP contribution is -2.23. The molecule has 2 N–H and O–H groups in total. The number of aliphatic hydroxyl groups excluding tert-OH is 1. The molecule has 0 saturated carbocycles. The maximum Gasteiger partial charge on any atom is 0.138 e. The number of nitrogens with one attached hydrogen (secondary N) is 1. The van der Waals surface area contributed by atoms with Gasteiger partial charge < -0.3 is 14.8 Å². The summed E-state index contributed by atoms with van der Waals surface area (Å²) in [7, 11) is 0. The summed E-state index contributed by atoms with van der Waals surface area (Å²) in [6.45, 7) is 7.21. The van der Waals surface area contributed by atoms with Crippen LogP contribution in [-0.2, 0) is 6.54 Å². The van der Waals surface area contributed by atoms with Gasteiger partial charge in [0.1, 0.15) is 10.7 Å². The number of hydrogen-bond donors (Lipinski definition) is 2. The van der Waals surface area contributed by atoms with Crippen molar-refractivity contribution in [3.05, 3.63) is 30.1 Å². The molecule has 0 aliphatic heterocycles. The van der Waals surface area contributed by atoms with E-state index in [0.29, 0.717) is 6.04 Å². The predicted octanol–water partition coefficient (Wildman–Crippen LogP) is 2.31. The molecule has 0 bridgehead atoms. The van der Waals surface area contributed by atoms with Crippen molar-refractivity contribution in [1.82, 2.24) is 14.7 Å². The first-order valence-electron chi connectivity index (χ1n) is 6.58. The van der Waals surface area contributed by atoms with Crippen LogP contribution in [0.25, 0.3) is 5.65 Å². The standard InChI is InChI=1S/C14H21N3OS/c1-10(2)15-8-12-14(19-11(3)9-18)16-13-6-4-5-7-17(12)13/h4-7,10-11,15,18H,8-9H2,1-3H3. The van der Waals surface area contributed by atoms with Gasteiger partial charge >= 0.3 is 0 Å². The maximum atomic E-state index is 9.21. The maximum absolute atomic E-state index is 9.21. The molecule has 2 rings (SSSR count). The van der Waals surface area contributed by atoms with E-state index in [1.54, 1.807) is 11.8 Å². The molecule has 19 heavy (non-hydrogen) atoms. The minimum absolute atomic E-state index is 0.155. The number of rotatable bonds is 6. The van der Waals surface area contributed by atoms with Gasteiger partial charge in [0.05, 0.1) is 12.3 Å². The van der Waals surface area contributed by atoms with E-state index in [9.17, 15) is 5.11 Å². The van der Waals surface area contributed by atoms with Gasteiger partial charge in [0.15, 0.2) is 0 Å². The van der Waals surface area contributed by atoms with Gasteiger partial charge in [0.25, 0.3) is 0 Å². The van der Waals surface area contributed by atoms with Crippen LogP contribution < -0.4 is 5.32 Å². The molecule has 0 aliphatic rings. The Hall–Kier alpha value is -1.04. The van der Waals surface area contributed by atoms with Crippen molar-refractivity contribution in [2.45, 2.75) is 43.6 Å². The van der Waals surface area contributed by atoms with Crippen molar-refractivity contribution >= 4 is 17.4 Å². The van der Waals surface area contributed by atoms with Crippen LogP contribution in [-0.4, -0.2) is 32.4 Å². The number of hydrogen-bond acceptors (Lipinski definition) is 4. The summed E-state index contributed by atoms with van der Waals surface area (Å²) >= 11 is 1.63. The van der Waals surface area contributed by atoms with Gasteiger partial charge in [-0.25, -0.2) is 4.98 Å². The zero-order valence-electron chi connectivity index (χ0n) is 11.6. The molecule has 0 amide bonds. The highest BCUT2D eigenvalue weighted by molar-refractivity contribution is 7.99. The summed E-state index contributed by atoms with van der Waals surface area (Å²) in [5.74, 6) is 0. The van der Waals surface area contributed by atoms with Crippen molar-refractivity contribution in [2.75, 3.05) is 6.61 Å². The average Bonchev–Trinajstić information content (AvgIpc) is 2.73. The van der Waals surface area contributed by atoms with Crippen molar-refractivity contribution in [1.29, 1.82) is 0 Å². The number of fused-ring (bicyclic) bond motifs is 1. The van der Waals surface area contributed by atoms with Crippen molar-refractivity contribution < 1.29 is 5.11 Å². The van der Waals surface area contributed by atoms with Gasteiger partial charge in [0.2, 0.25) is 0 Å². The van der Waals surface area contributed by atoms with E-state index < -0.39 is 0 Å². The van der Waals surface area contributed by atoms with Crippen LogP contribution in [0.3, 0.4) is 0 Å². The second-order valence-electron chi connectivity index (χ2n) is 4.94. The van der Waals surface area contributed by atoms with Crippen molar-refractivity contribution in [3.8, 4) is 0 Å². The Morgan fingerprint density at radius 2 is 2.16 bits per heavy atom. The van der Waals surface area contributed by atoms with Crippen LogP contribution >= 0.6 is 11.8 Å². The summed E-state index contributed by atoms with van der Waals surface area (Å²) in [6.07, 6.45) is 2.04. The number of thioether (sulfide) groups is 1. The van der Waals surface area contributed by atoms with Crippen molar-refractivity contribution in [2.24, 2.45) is 0 Å². The highest BCUT2D eigenvalue weighted by Gasteiger charge is 2.15. The van der Waals surface area contributed by atoms with Crippen LogP contribution in [0.15, 0.2) is 29.4 Å². The van der Waals surface area contributed by atoms with E-state index in [-0.39, 0.29) is 11.9 Å². The molecule has 0 fully saturated rings. The molecule has 0 aliphatic carbocycles. The molecule has 0 radical (unpaired) electrons. The fourth-order valence-electron chi connectivity index (χ4n) is 1.81. The summed E-state index contributed by atoms with van der Waals surface area (Å²) in [4.78, 5) is 4.65. The van der Waals surface area contributed by atoms with E-state index in [1.165, 1.54) is 0 Å². The average molecular weight is 279 g/mol. The zero-order chi connectivity index (χ0) is 13.8. The second kappa shape index (κ2) is 6.41. The van der Waals surface area contributed by atoms with E-state index in [1.807, 2.05) is 31.3 Å². The van der Waals surface area contributed by atoms with Crippen LogP contribution in [0.2, 0.25) is 0 Å². The Bertz CT molecular complexity index is 538. The Morgan fingerprint density at radius 3 is 2.84 bits per heavy atom. The van der Waals surface area contributed by atoms with Crippen LogP contribution in [0, 0.1) is 0 Å². The van der Waals surface area contributed by atoms with E-state index in [0.717, 1.165) is 22.9 Å². The highest BCUT2D eigenvalue weighted by atomic mass is 32.2. The Labute approximate surface area is 118 Å². The van der Waals surface area contributed by atoms with Crippen LogP contribution in [0.5, 0.6) is 0 Å². The van der Waals surface area contributed by atoms with Gasteiger partial charge in [0, 0.05) is 24.0 Å². The van der Waals surface area contributed by atoms with E-state index in [4.69, 9.17) is 0 Å². The molecule has 5 heteroatoms. The van der Waals surface area contributed by atoms with E-state index >= 15 is 0 Å². The van der Waals surface area contributed by atoms with Gasteiger partial charge in [-0.3, -0.25) is 0 Å². The fourth-order valence-corrected chi connectivity index (χ4v) is 2.72. The number of aromatic nitrogens is 2. The molecule has 2 heterocycles. The van der Waals surface area contributed by atoms with Gasteiger partial charge in [-0.1, -0.05) is 38.6 Å². The molecule has 1 unspecified atom stereocenters. The molecule has 2 aromatic rings. The summed E-state index contributed by atoms with van der Waals surface area (Å²) in [6, 6.07) is 6.44. The zero-order valence-corrected chi connectivity index (χ0v) is 12.4. The lowest BCUT2D eigenvalue weighted by molar-refractivity contribution is 0.300. The van der Waals surface area contributed by atoms with Crippen LogP contribution in [0.4, 0.5) is 0 Å². The third-order valence-electron chi connectivity index (χ3n) is 2.84. The normalized spacial score (nSPS) is 13.3. The Kier molecular flexibility index (Phi) is 4.85. The molecule has 4 nitrogen and oxygen atoms in total. The number of aliphatic hydroxyl groups is 1. The number of nitrogens with zero attached hydrogens (tertiary/aromatic N) is 2. The smallest absolute Gasteiger partial charge is 0.138 e. The van der Waals surface area contributed by atoms with E-state index in [2.05, 4.69) is 28.5 Å². The first kappa shape index (κ1) is 14.4. The third-order valence-corrected chi connectivity index (χ3v) is 3.94. The number of imidazole rings is 1. The lowest BCUT2D eigenvalue weighted by Gasteiger charge is -2.11. The van der Waals surface area contributed by atoms with Gasteiger partial charge in [-0.2, -0.15) is 0 Å². The SMILES string of the molecule is CC(C)NCc1c(SC(C)CO)nc2ccccn12. The summed E-state index contributed by atoms with van der Waals surface area (Å²) in [5.41, 5.74) is 2.12. The second-order valence-corrected chi connectivity index (χ2v) is 6.37. The topological polar surface area (TPSA) is 49.6 Å². The molecule has 2 aromatic heterocycles. The third kappa shape index (κ3) is 3.49. The predicted molar refractivity (Wildman–Crippen MR) is 79.6 cm³/mol. The summed E-state index contributed by atoms with van der Waals surface area (Å²) in [5, 5.41) is 13.8. The molecular formula is C14H21N3OS. The van der Waals surface area contributed by atoms with Crippen molar-refractivity contribution in [3.63, 3.8) is 0 Å².